The van der Waals surface area contributed by atoms with Gasteiger partial charge in [-0.2, -0.15) is 4.99 Å². The van der Waals surface area contributed by atoms with Gasteiger partial charge in [-0.3, -0.25) is 14.9 Å². The van der Waals surface area contributed by atoms with Gasteiger partial charge in [0.05, 0.1) is 10.6 Å². The molecule has 7 heteroatoms. The van der Waals surface area contributed by atoms with E-state index in [0.717, 1.165) is 16.1 Å². The molecule has 1 amide bonds. The molecule has 2 aromatic carbocycles. The van der Waals surface area contributed by atoms with Gasteiger partial charge in [0, 0.05) is 29.1 Å². The Hall–Kier alpha value is -3.06. The van der Waals surface area contributed by atoms with Gasteiger partial charge < -0.3 is 4.57 Å². The van der Waals surface area contributed by atoms with Crippen molar-refractivity contribution in [2.75, 3.05) is 0 Å². The van der Waals surface area contributed by atoms with Crippen molar-refractivity contribution >= 4 is 22.9 Å². The second kappa shape index (κ2) is 7.67. The maximum atomic E-state index is 12.6. The highest BCUT2D eigenvalue weighted by atomic mass is 32.1. The van der Waals surface area contributed by atoms with Crippen LogP contribution in [0.25, 0.3) is 11.3 Å². The number of hydrogen-bond acceptors (Lipinski definition) is 4. The van der Waals surface area contributed by atoms with Crippen LogP contribution in [0.2, 0.25) is 0 Å². The number of aromatic nitrogens is 1. The Bertz CT molecular complexity index is 1080. The van der Waals surface area contributed by atoms with E-state index in [9.17, 15) is 14.9 Å². The SMILES string of the molecule is CCn1c(-c2ccc(C)cc2)c(C)sc1=NC(=O)c1cccc([N+](=O)[O-])c1. The van der Waals surface area contributed by atoms with Gasteiger partial charge >= 0.3 is 0 Å². The largest absolute Gasteiger partial charge is 0.316 e. The van der Waals surface area contributed by atoms with Crippen LogP contribution in [-0.4, -0.2) is 15.4 Å². The molecule has 0 unspecified atom stereocenters. The third-order valence-electron chi connectivity index (χ3n) is 4.22. The Balaban J connectivity index is 2.08. The summed E-state index contributed by atoms with van der Waals surface area (Å²) in [5.74, 6) is -0.488. The first-order valence-corrected chi connectivity index (χ1v) is 9.33. The molecule has 0 aliphatic carbocycles. The van der Waals surface area contributed by atoms with Crippen LogP contribution in [0.15, 0.2) is 53.5 Å². The van der Waals surface area contributed by atoms with E-state index in [2.05, 4.69) is 29.3 Å². The zero-order chi connectivity index (χ0) is 19.6. The van der Waals surface area contributed by atoms with Gasteiger partial charge in [0.15, 0.2) is 4.80 Å². The molecule has 3 rings (SSSR count). The third kappa shape index (κ3) is 3.88. The first-order chi connectivity index (χ1) is 12.9. The second-order valence-electron chi connectivity index (χ2n) is 6.12. The summed E-state index contributed by atoms with van der Waals surface area (Å²) >= 11 is 1.44. The highest BCUT2D eigenvalue weighted by molar-refractivity contribution is 7.09. The quantitative estimate of drug-likeness (QED) is 0.493. The van der Waals surface area contributed by atoms with Crippen molar-refractivity contribution in [3.63, 3.8) is 0 Å². The summed E-state index contributed by atoms with van der Waals surface area (Å²) in [6.07, 6.45) is 0. The van der Waals surface area contributed by atoms with Crippen molar-refractivity contribution in [2.24, 2.45) is 4.99 Å². The number of rotatable bonds is 4. The van der Waals surface area contributed by atoms with Crippen LogP contribution in [0.5, 0.6) is 0 Å². The van der Waals surface area contributed by atoms with E-state index in [1.807, 2.05) is 25.3 Å². The lowest BCUT2D eigenvalue weighted by Crippen LogP contribution is -2.17. The lowest BCUT2D eigenvalue weighted by molar-refractivity contribution is -0.384. The third-order valence-corrected chi connectivity index (χ3v) is 5.21. The van der Waals surface area contributed by atoms with Crippen molar-refractivity contribution in [3.05, 3.63) is 79.5 Å². The number of thiazole rings is 1. The van der Waals surface area contributed by atoms with Crippen LogP contribution >= 0.6 is 11.3 Å². The Kier molecular flexibility index (Phi) is 5.32. The lowest BCUT2D eigenvalue weighted by Gasteiger charge is -2.08. The summed E-state index contributed by atoms with van der Waals surface area (Å²) in [6.45, 7) is 6.70. The number of carbonyl (C=O) groups excluding carboxylic acids is 1. The number of non-ortho nitro benzene ring substituents is 1. The number of carbonyl (C=O) groups is 1. The monoisotopic (exact) mass is 381 g/mol. The summed E-state index contributed by atoms with van der Waals surface area (Å²) in [6, 6.07) is 13.9. The van der Waals surface area contributed by atoms with Gasteiger partial charge in [0.25, 0.3) is 11.6 Å². The molecule has 0 aliphatic heterocycles. The first kappa shape index (κ1) is 18.7. The van der Waals surface area contributed by atoms with E-state index in [0.29, 0.717) is 11.3 Å². The molecule has 3 aromatic rings. The average molecular weight is 381 g/mol. The van der Waals surface area contributed by atoms with E-state index < -0.39 is 10.8 Å². The molecule has 0 N–H and O–H groups in total. The van der Waals surface area contributed by atoms with Crippen molar-refractivity contribution in [2.45, 2.75) is 27.3 Å². The predicted octanol–water partition coefficient (Wildman–Crippen LogP) is 4.50. The lowest BCUT2D eigenvalue weighted by atomic mass is 10.1. The van der Waals surface area contributed by atoms with Crippen LogP contribution in [0.1, 0.15) is 27.7 Å². The molecule has 0 bridgehead atoms. The second-order valence-corrected chi connectivity index (χ2v) is 7.31. The van der Waals surface area contributed by atoms with Crippen LogP contribution in [0.4, 0.5) is 5.69 Å². The maximum absolute atomic E-state index is 12.6. The van der Waals surface area contributed by atoms with Gasteiger partial charge in [-0.15, -0.1) is 11.3 Å². The van der Waals surface area contributed by atoms with Gasteiger partial charge in [-0.1, -0.05) is 35.9 Å². The summed E-state index contributed by atoms with van der Waals surface area (Å²) in [4.78, 5) is 28.9. The average Bonchev–Trinajstić information content (AvgIpc) is 2.97. The minimum absolute atomic E-state index is 0.123. The van der Waals surface area contributed by atoms with Gasteiger partial charge in [0.1, 0.15) is 0 Å². The number of nitrogens with zero attached hydrogens (tertiary/aromatic N) is 3. The molecule has 6 nitrogen and oxygen atoms in total. The fraction of sp³-hybridized carbons (Fsp3) is 0.200. The normalized spacial score (nSPS) is 11.6. The molecule has 1 heterocycles. The number of aryl methyl sites for hydroxylation is 2. The number of nitro benzene ring substituents is 1. The van der Waals surface area contributed by atoms with E-state index in [-0.39, 0.29) is 11.3 Å². The number of hydrogen-bond donors (Lipinski definition) is 0. The smallest absolute Gasteiger partial charge is 0.279 e. The zero-order valence-corrected chi connectivity index (χ0v) is 16.1. The van der Waals surface area contributed by atoms with E-state index in [1.54, 1.807) is 0 Å². The fourth-order valence-electron chi connectivity index (χ4n) is 2.88. The molecule has 0 saturated heterocycles. The summed E-state index contributed by atoms with van der Waals surface area (Å²) < 4.78 is 2.00. The Morgan fingerprint density at radius 1 is 1.19 bits per heavy atom. The van der Waals surface area contributed by atoms with Crippen LogP contribution in [-0.2, 0) is 6.54 Å². The Morgan fingerprint density at radius 3 is 2.52 bits per heavy atom. The summed E-state index contributed by atoms with van der Waals surface area (Å²) in [5, 5.41) is 10.9. The highest BCUT2D eigenvalue weighted by Crippen LogP contribution is 2.25. The molecule has 0 saturated carbocycles. The summed E-state index contributed by atoms with van der Waals surface area (Å²) in [7, 11) is 0. The maximum Gasteiger partial charge on any atom is 0.279 e. The first-order valence-electron chi connectivity index (χ1n) is 8.51. The summed E-state index contributed by atoms with van der Waals surface area (Å²) in [5.41, 5.74) is 3.37. The molecule has 0 radical (unpaired) electrons. The topological polar surface area (TPSA) is 77.5 Å². The Labute approximate surface area is 160 Å². The van der Waals surface area contributed by atoms with Crippen molar-refractivity contribution in [1.82, 2.24) is 4.57 Å². The standard InChI is InChI=1S/C20H19N3O3S/c1-4-22-18(15-10-8-13(2)9-11-15)14(3)27-20(22)21-19(24)16-6-5-7-17(12-16)23(25)26/h5-12H,4H2,1-3H3. The molecule has 0 atom stereocenters. The van der Waals surface area contributed by atoms with Gasteiger partial charge in [-0.05, 0) is 32.4 Å². The number of amides is 1. The minimum atomic E-state index is -0.520. The van der Waals surface area contributed by atoms with E-state index >= 15 is 0 Å². The molecular formula is C20H19N3O3S. The fourth-order valence-corrected chi connectivity index (χ4v) is 3.93. The predicted molar refractivity (Wildman–Crippen MR) is 106 cm³/mol. The molecule has 0 spiro atoms. The highest BCUT2D eigenvalue weighted by Gasteiger charge is 2.14. The number of benzene rings is 2. The van der Waals surface area contributed by atoms with E-state index in [4.69, 9.17) is 0 Å². The molecule has 0 fully saturated rings. The van der Waals surface area contributed by atoms with Crippen molar-refractivity contribution in [1.29, 1.82) is 0 Å². The van der Waals surface area contributed by atoms with Gasteiger partial charge in [-0.25, -0.2) is 0 Å². The zero-order valence-electron chi connectivity index (χ0n) is 15.3. The molecule has 138 valence electrons. The van der Waals surface area contributed by atoms with Crippen LogP contribution in [0.3, 0.4) is 0 Å². The van der Waals surface area contributed by atoms with Crippen molar-refractivity contribution < 1.29 is 9.72 Å². The molecule has 27 heavy (non-hydrogen) atoms. The van der Waals surface area contributed by atoms with Crippen LogP contribution in [0, 0.1) is 24.0 Å². The molecule has 0 aliphatic rings. The van der Waals surface area contributed by atoms with E-state index in [1.165, 1.54) is 41.2 Å². The van der Waals surface area contributed by atoms with Crippen molar-refractivity contribution in [3.8, 4) is 11.3 Å². The minimum Gasteiger partial charge on any atom is -0.316 e. The molecule has 1 aromatic heterocycles. The Morgan fingerprint density at radius 2 is 1.89 bits per heavy atom. The number of nitro groups is 1. The van der Waals surface area contributed by atoms with Gasteiger partial charge in [0.2, 0.25) is 0 Å². The van der Waals surface area contributed by atoms with Crippen LogP contribution < -0.4 is 4.80 Å². The molecular weight excluding hydrogens is 362 g/mol.